The Kier molecular flexibility index (Phi) is 5.99. The number of rotatable bonds is 6. The summed E-state index contributed by atoms with van der Waals surface area (Å²) in [4.78, 5) is 43.3. The molecular weight excluding hydrogens is 394 g/mol. The highest BCUT2D eigenvalue weighted by atomic mass is 16.2. The molecule has 1 aliphatic heterocycles. The van der Waals surface area contributed by atoms with Crippen LogP contribution in [-0.2, 0) is 4.79 Å². The van der Waals surface area contributed by atoms with Crippen molar-refractivity contribution in [3.8, 4) is 0 Å². The summed E-state index contributed by atoms with van der Waals surface area (Å²) in [5.41, 5.74) is 7.81. The summed E-state index contributed by atoms with van der Waals surface area (Å²) >= 11 is 0. The van der Waals surface area contributed by atoms with Gasteiger partial charge in [0.2, 0.25) is 11.8 Å². The minimum atomic E-state index is -0.500. The van der Waals surface area contributed by atoms with E-state index >= 15 is 0 Å². The lowest BCUT2D eigenvalue weighted by molar-refractivity contribution is -0.116. The van der Waals surface area contributed by atoms with E-state index in [-0.39, 0.29) is 11.8 Å². The molecule has 0 spiro atoms. The molecule has 0 atom stereocenters. The first-order valence-corrected chi connectivity index (χ1v) is 10.3. The standard InChI is InChI=1S/C23H25N5O3/c24-22(30)16-5-7-18(8-6-16)25-21(29)9-10-27-11-13-28(14-12-27)23(31)20-15-17-3-1-2-4-19(17)26-20/h1-8,15,26H,9-14H2,(H2,24,30)(H,25,29). The van der Waals surface area contributed by atoms with E-state index in [2.05, 4.69) is 15.2 Å². The highest BCUT2D eigenvalue weighted by molar-refractivity contribution is 5.98. The van der Waals surface area contributed by atoms with E-state index < -0.39 is 5.91 Å². The third-order valence-corrected chi connectivity index (χ3v) is 5.53. The summed E-state index contributed by atoms with van der Waals surface area (Å²) in [7, 11) is 0. The smallest absolute Gasteiger partial charge is 0.270 e. The van der Waals surface area contributed by atoms with Crippen molar-refractivity contribution in [1.29, 1.82) is 0 Å². The number of aromatic nitrogens is 1. The monoisotopic (exact) mass is 419 g/mol. The largest absolute Gasteiger partial charge is 0.366 e. The molecule has 8 nitrogen and oxygen atoms in total. The van der Waals surface area contributed by atoms with Crippen LogP contribution in [0.5, 0.6) is 0 Å². The number of hydrogen-bond acceptors (Lipinski definition) is 4. The number of nitrogens with one attached hydrogen (secondary N) is 2. The van der Waals surface area contributed by atoms with Crippen molar-refractivity contribution in [2.24, 2.45) is 5.73 Å². The molecule has 3 aromatic rings. The van der Waals surface area contributed by atoms with Gasteiger partial charge < -0.3 is 20.9 Å². The minimum Gasteiger partial charge on any atom is -0.366 e. The number of carbonyl (C=O) groups excluding carboxylic acids is 3. The molecule has 1 saturated heterocycles. The fourth-order valence-corrected chi connectivity index (χ4v) is 3.73. The number of nitrogens with zero attached hydrogens (tertiary/aromatic N) is 2. The third-order valence-electron chi connectivity index (χ3n) is 5.53. The number of hydrogen-bond donors (Lipinski definition) is 3. The lowest BCUT2D eigenvalue weighted by Crippen LogP contribution is -2.49. The number of aromatic amines is 1. The number of anilines is 1. The first kappa shape index (κ1) is 20.6. The molecule has 0 radical (unpaired) electrons. The van der Waals surface area contributed by atoms with Crippen molar-refractivity contribution in [3.63, 3.8) is 0 Å². The van der Waals surface area contributed by atoms with Crippen molar-refractivity contribution in [3.05, 3.63) is 65.9 Å². The highest BCUT2D eigenvalue weighted by Gasteiger charge is 2.23. The maximum atomic E-state index is 12.8. The number of carbonyl (C=O) groups is 3. The van der Waals surface area contributed by atoms with Crippen LogP contribution in [0.2, 0.25) is 0 Å². The second kappa shape index (κ2) is 9.01. The molecule has 3 amide bonds. The van der Waals surface area contributed by atoms with E-state index in [1.807, 2.05) is 35.2 Å². The normalized spacial score (nSPS) is 14.5. The summed E-state index contributed by atoms with van der Waals surface area (Å²) in [6.45, 7) is 3.34. The van der Waals surface area contributed by atoms with Crippen LogP contribution in [0.1, 0.15) is 27.3 Å². The van der Waals surface area contributed by atoms with Gasteiger partial charge in [-0.25, -0.2) is 0 Å². The molecule has 2 heterocycles. The van der Waals surface area contributed by atoms with Crippen LogP contribution in [0.25, 0.3) is 10.9 Å². The van der Waals surface area contributed by atoms with Crippen molar-refractivity contribution in [2.75, 3.05) is 38.0 Å². The van der Waals surface area contributed by atoms with Gasteiger partial charge in [-0.05, 0) is 36.4 Å². The fraction of sp³-hybridized carbons (Fsp3) is 0.261. The Morgan fingerprint density at radius 3 is 2.35 bits per heavy atom. The number of primary amides is 1. The van der Waals surface area contributed by atoms with Gasteiger partial charge in [0.15, 0.2) is 0 Å². The quantitative estimate of drug-likeness (QED) is 0.568. The molecule has 1 aromatic heterocycles. The number of piperazine rings is 1. The molecule has 1 aliphatic rings. The Morgan fingerprint density at radius 2 is 1.68 bits per heavy atom. The van der Waals surface area contributed by atoms with Crippen molar-refractivity contribution < 1.29 is 14.4 Å². The zero-order chi connectivity index (χ0) is 21.8. The number of benzene rings is 2. The van der Waals surface area contributed by atoms with Crippen LogP contribution in [0, 0.1) is 0 Å². The number of amides is 3. The highest BCUT2D eigenvalue weighted by Crippen LogP contribution is 2.17. The lowest BCUT2D eigenvalue weighted by atomic mass is 10.2. The molecule has 0 saturated carbocycles. The minimum absolute atomic E-state index is 0.00741. The average Bonchev–Trinajstić information content (AvgIpc) is 3.22. The maximum absolute atomic E-state index is 12.8. The summed E-state index contributed by atoms with van der Waals surface area (Å²) < 4.78 is 0. The second-order valence-electron chi connectivity index (χ2n) is 7.64. The number of nitrogens with two attached hydrogens (primary N) is 1. The van der Waals surface area contributed by atoms with E-state index in [1.165, 1.54) is 0 Å². The first-order valence-electron chi connectivity index (χ1n) is 10.3. The molecule has 31 heavy (non-hydrogen) atoms. The molecule has 0 bridgehead atoms. The Balaban J connectivity index is 1.23. The van der Waals surface area contributed by atoms with Crippen LogP contribution in [0.15, 0.2) is 54.6 Å². The van der Waals surface area contributed by atoms with E-state index in [4.69, 9.17) is 5.73 Å². The van der Waals surface area contributed by atoms with Crippen LogP contribution < -0.4 is 11.1 Å². The van der Waals surface area contributed by atoms with Gasteiger partial charge in [-0.15, -0.1) is 0 Å². The Hall–Kier alpha value is -3.65. The predicted molar refractivity (Wildman–Crippen MR) is 119 cm³/mol. The number of fused-ring (bicyclic) bond motifs is 1. The zero-order valence-corrected chi connectivity index (χ0v) is 17.1. The summed E-state index contributed by atoms with van der Waals surface area (Å²) in [6, 6.07) is 16.2. The summed E-state index contributed by atoms with van der Waals surface area (Å²) in [6.07, 6.45) is 0.355. The van der Waals surface area contributed by atoms with E-state index in [9.17, 15) is 14.4 Å². The molecule has 2 aromatic carbocycles. The van der Waals surface area contributed by atoms with Gasteiger partial charge in [-0.3, -0.25) is 19.3 Å². The molecule has 4 N–H and O–H groups in total. The molecule has 0 aliphatic carbocycles. The fourth-order valence-electron chi connectivity index (χ4n) is 3.73. The Bertz CT molecular complexity index is 1060. The van der Waals surface area contributed by atoms with Gasteiger partial charge in [0, 0.05) is 61.3 Å². The van der Waals surface area contributed by atoms with Gasteiger partial charge in [0.25, 0.3) is 5.91 Å². The van der Waals surface area contributed by atoms with E-state index in [0.29, 0.717) is 43.0 Å². The second-order valence-corrected chi connectivity index (χ2v) is 7.64. The number of para-hydroxylation sites is 1. The van der Waals surface area contributed by atoms with Crippen LogP contribution in [-0.4, -0.2) is 65.2 Å². The van der Waals surface area contributed by atoms with E-state index in [1.54, 1.807) is 24.3 Å². The molecule has 0 unspecified atom stereocenters. The van der Waals surface area contributed by atoms with Gasteiger partial charge in [0.1, 0.15) is 5.69 Å². The van der Waals surface area contributed by atoms with Crippen molar-refractivity contribution >= 4 is 34.3 Å². The summed E-state index contributed by atoms with van der Waals surface area (Å²) in [5, 5.41) is 3.85. The first-order chi connectivity index (χ1) is 15.0. The zero-order valence-electron chi connectivity index (χ0n) is 17.1. The molecular formula is C23H25N5O3. The van der Waals surface area contributed by atoms with Crippen molar-refractivity contribution in [1.82, 2.24) is 14.8 Å². The van der Waals surface area contributed by atoms with Crippen LogP contribution in [0.4, 0.5) is 5.69 Å². The van der Waals surface area contributed by atoms with Crippen LogP contribution in [0.3, 0.4) is 0 Å². The molecule has 8 heteroatoms. The van der Waals surface area contributed by atoms with E-state index in [0.717, 1.165) is 24.0 Å². The Morgan fingerprint density at radius 1 is 0.968 bits per heavy atom. The topological polar surface area (TPSA) is 112 Å². The lowest BCUT2D eigenvalue weighted by Gasteiger charge is -2.34. The summed E-state index contributed by atoms with van der Waals surface area (Å²) in [5.74, 6) is -0.587. The average molecular weight is 419 g/mol. The molecule has 4 rings (SSSR count). The maximum Gasteiger partial charge on any atom is 0.270 e. The van der Waals surface area contributed by atoms with Crippen molar-refractivity contribution in [2.45, 2.75) is 6.42 Å². The van der Waals surface area contributed by atoms with Crippen LogP contribution >= 0.6 is 0 Å². The van der Waals surface area contributed by atoms with Gasteiger partial charge in [0.05, 0.1) is 0 Å². The molecule has 160 valence electrons. The van der Waals surface area contributed by atoms with Gasteiger partial charge in [-0.2, -0.15) is 0 Å². The van der Waals surface area contributed by atoms with Gasteiger partial charge in [-0.1, -0.05) is 18.2 Å². The predicted octanol–water partition coefficient (Wildman–Crippen LogP) is 2.05. The van der Waals surface area contributed by atoms with Gasteiger partial charge >= 0.3 is 0 Å². The SMILES string of the molecule is NC(=O)c1ccc(NC(=O)CCN2CCN(C(=O)c3cc4ccccc4[nH]3)CC2)cc1. The number of H-pyrrole nitrogens is 1. The molecule has 1 fully saturated rings. The Labute approximate surface area is 180 Å². The third kappa shape index (κ3) is 4.92.